The summed E-state index contributed by atoms with van der Waals surface area (Å²) in [6.07, 6.45) is 6.18. The zero-order valence-corrected chi connectivity index (χ0v) is 19.5. The van der Waals surface area contributed by atoms with Crippen molar-refractivity contribution in [2.75, 3.05) is 19.6 Å². The van der Waals surface area contributed by atoms with Crippen molar-refractivity contribution in [3.8, 4) is 0 Å². The van der Waals surface area contributed by atoms with Crippen molar-refractivity contribution in [3.05, 3.63) is 67.2 Å². The molecule has 0 radical (unpaired) electrons. The van der Waals surface area contributed by atoms with Gasteiger partial charge in [-0.25, -0.2) is 4.79 Å². The Morgan fingerprint density at radius 3 is 2.42 bits per heavy atom. The van der Waals surface area contributed by atoms with Crippen LogP contribution in [0.25, 0.3) is 10.2 Å². The maximum atomic E-state index is 13.6. The fraction of sp³-hybridized carbons (Fsp3) is 0.520. The van der Waals surface area contributed by atoms with Crippen molar-refractivity contribution >= 4 is 21.6 Å². The molecular weight excluding hydrogens is 406 g/mol. The molecule has 0 spiro atoms. The van der Waals surface area contributed by atoms with Gasteiger partial charge in [-0.1, -0.05) is 50.6 Å². The molecule has 2 aromatic heterocycles. The van der Waals surface area contributed by atoms with E-state index in [2.05, 4.69) is 30.9 Å². The number of aromatic nitrogens is 2. The highest BCUT2D eigenvalue weighted by Gasteiger charge is 2.23. The molecule has 0 N–H and O–H groups in total. The minimum Gasteiger partial charge on any atom is -0.302 e. The van der Waals surface area contributed by atoms with Gasteiger partial charge in [0, 0.05) is 24.5 Å². The van der Waals surface area contributed by atoms with Crippen LogP contribution in [0.4, 0.5) is 0 Å². The summed E-state index contributed by atoms with van der Waals surface area (Å²) < 4.78 is 3.38. The van der Waals surface area contributed by atoms with Gasteiger partial charge >= 0.3 is 5.69 Å². The highest BCUT2D eigenvalue weighted by atomic mass is 32.1. The second kappa shape index (κ2) is 9.96. The quantitative estimate of drug-likeness (QED) is 0.497. The van der Waals surface area contributed by atoms with Crippen LogP contribution in [0.3, 0.4) is 0 Å². The van der Waals surface area contributed by atoms with Crippen molar-refractivity contribution < 1.29 is 0 Å². The lowest BCUT2D eigenvalue weighted by Crippen LogP contribution is -2.42. The molecular formula is C25H33N3O2S. The Morgan fingerprint density at radius 2 is 1.68 bits per heavy atom. The average molecular weight is 440 g/mol. The largest absolute Gasteiger partial charge is 0.332 e. The molecule has 0 bridgehead atoms. The van der Waals surface area contributed by atoms with E-state index in [1.807, 2.05) is 22.8 Å². The fourth-order valence-corrected chi connectivity index (χ4v) is 6.05. The van der Waals surface area contributed by atoms with E-state index < -0.39 is 0 Å². The molecule has 5 nitrogen and oxygen atoms in total. The van der Waals surface area contributed by atoms with Crippen LogP contribution in [0.15, 0.2) is 39.9 Å². The molecule has 166 valence electrons. The number of rotatable bonds is 8. The molecule has 0 aliphatic heterocycles. The molecule has 0 amide bonds. The molecule has 1 aliphatic carbocycles. The van der Waals surface area contributed by atoms with E-state index >= 15 is 0 Å². The second-order valence-corrected chi connectivity index (χ2v) is 9.48. The summed E-state index contributed by atoms with van der Waals surface area (Å²) in [5.41, 5.74) is 2.12. The van der Waals surface area contributed by atoms with Crippen LogP contribution in [0, 0.1) is 0 Å². The molecule has 3 aromatic rings. The molecule has 0 saturated heterocycles. The van der Waals surface area contributed by atoms with Crippen molar-refractivity contribution in [2.45, 2.75) is 65.5 Å². The Bertz CT molecular complexity index is 1140. The van der Waals surface area contributed by atoms with Crippen LogP contribution in [0.5, 0.6) is 0 Å². The first-order chi connectivity index (χ1) is 15.1. The van der Waals surface area contributed by atoms with Crippen molar-refractivity contribution in [1.29, 1.82) is 0 Å². The summed E-state index contributed by atoms with van der Waals surface area (Å²) in [4.78, 5) is 31.6. The standard InChI is InChI=1S/C25H33N3O2S/c1-3-26(4-2)17-18-28-24-22(20-13-9-6-10-14-21(20)31-24)23(29)27(25(28)30)16-15-19-11-7-5-8-12-19/h5,7-8,11-12H,3-4,6,9-10,13-18H2,1-2H3. The minimum absolute atomic E-state index is 0.0885. The maximum absolute atomic E-state index is 13.6. The van der Waals surface area contributed by atoms with E-state index in [1.165, 1.54) is 27.8 Å². The molecule has 31 heavy (non-hydrogen) atoms. The number of aryl methyl sites for hydroxylation is 3. The zero-order valence-electron chi connectivity index (χ0n) is 18.7. The van der Waals surface area contributed by atoms with Crippen molar-refractivity contribution in [1.82, 2.24) is 14.0 Å². The number of benzene rings is 1. The average Bonchev–Trinajstić information content (AvgIpc) is 2.99. The highest BCUT2D eigenvalue weighted by Crippen LogP contribution is 2.33. The third-order valence-electron chi connectivity index (χ3n) is 6.57. The van der Waals surface area contributed by atoms with Crippen molar-refractivity contribution in [3.63, 3.8) is 0 Å². The van der Waals surface area contributed by atoms with Crippen LogP contribution in [0.2, 0.25) is 0 Å². The Morgan fingerprint density at radius 1 is 0.935 bits per heavy atom. The number of nitrogens with zero attached hydrogens (tertiary/aromatic N) is 3. The summed E-state index contributed by atoms with van der Waals surface area (Å²) in [6.45, 7) is 8.09. The lowest BCUT2D eigenvalue weighted by molar-refractivity contribution is 0.289. The SMILES string of the molecule is CCN(CC)CCn1c(=O)n(CCc2ccccc2)c(=O)c2c3c(sc21)CCCCC3. The lowest BCUT2D eigenvalue weighted by Gasteiger charge is -2.19. The Balaban J connectivity index is 1.81. The van der Waals surface area contributed by atoms with Gasteiger partial charge in [-0.15, -0.1) is 11.3 Å². The van der Waals surface area contributed by atoms with E-state index in [9.17, 15) is 9.59 Å². The number of hydrogen-bond donors (Lipinski definition) is 0. The summed E-state index contributed by atoms with van der Waals surface area (Å²) >= 11 is 1.69. The third-order valence-corrected chi connectivity index (χ3v) is 7.88. The van der Waals surface area contributed by atoms with Crippen LogP contribution >= 0.6 is 11.3 Å². The topological polar surface area (TPSA) is 47.2 Å². The first-order valence-electron chi connectivity index (χ1n) is 11.7. The molecule has 0 fully saturated rings. The van der Waals surface area contributed by atoms with Crippen molar-refractivity contribution in [2.24, 2.45) is 0 Å². The molecule has 0 unspecified atom stereocenters. The zero-order chi connectivity index (χ0) is 21.8. The van der Waals surface area contributed by atoms with Gasteiger partial charge < -0.3 is 4.90 Å². The Kier molecular flexibility index (Phi) is 7.08. The molecule has 1 aromatic carbocycles. The first kappa shape index (κ1) is 22.0. The van der Waals surface area contributed by atoms with Crippen LogP contribution in [0.1, 0.15) is 49.1 Å². The normalized spacial score (nSPS) is 14.2. The molecule has 1 aliphatic rings. The van der Waals surface area contributed by atoms with E-state index in [4.69, 9.17) is 0 Å². The molecule has 0 atom stereocenters. The minimum atomic E-state index is -0.156. The number of fused-ring (bicyclic) bond motifs is 3. The van der Waals surface area contributed by atoms with E-state index in [0.29, 0.717) is 19.5 Å². The molecule has 4 rings (SSSR count). The first-order valence-corrected chi connectivity index (χ1v) is 12.5. The second-order valence-electron chi connectivity index (χ2n) is 8.40. The third kappa shape index (κ3) is 4.55. The molecule has 6 heteroatoms. The van der Waals surface area contributed by atoms with Crippen LogP contribution < -0.4 is 11.2 Å². The lowest BCUT2D eigenvalue weighted by atomic mass is 10.1. The summed E-state index contributed by atoms with van der Waals surface area (Å²) in [5, 5.41) is 0.814. The number of likely N-dealkylation sites (N-methyl/N-ethyl adjacent to an activating group) is 1. The Labute approximate surface area is 187 Å². The van der Waals surface area contributed by atoms with Gasteiger partial charge in [-0.05, 0) is 56.3 Å². The number of thiophene rings is 1. The van der Waals surface area contributed by atoms with Crippen LogP contribution in [-0.4, -0.2) is 33.7 Å². The summed E-state index contributed by atoms with van der Waals surface area (Å²) in [5.74, 6) is 0. The predicted molar refractivity (Wildman–Crippen MR) is 130 cm³/mol. The fourth-order valence-electron chi connectivity index (χ4n) is 4.65. The van der Waals surface area contributed by atoms with Gasteiger partial charge in [0.2, 0.25) is 0 Å². The monoisotopic (exact) mass is 439 g/mol. The highest BCUT2D eigenvalue weighted by molar-refractivity contribution is 7.18. The summed E-state index contributed by atoms with van der Waals surface area (Å²) in [7, 11) is 0. The molecule has 2 heterocycles. The van der Waals surface area contributed by atoms with Gasteiger partial charge in [0.25, 0.3) is 5.56 Å². The van der Waals surface area contributed by atoms with E-state index in [-0.39, 0.29) is 11.2 Å². The number of hydrogen-bond acceptors (Lipinski definition) is 4. The predicted octanol–water partition coefficient (Wildman–Crippen LogP) is 4.08. The summed E-state index contributed by atoms with van der Waals surface area (Å²) in [6, 6.07) is 10.1. The van der Waals surface area contributed by atoms with Gasteiger partial charge in [0.05, 0.1) is 5.39 Å². The molecule has 0 saturated carbocycles. The van der Waals surface area contributed by atoms with Gasteiger partial charge in [0.15, 0.2) is 0 Å². The smallest absolute Gasteiger partial charge is 0.302 e. The van der Waals surface area contributed by atoms with E-state index in [0.717, 1.165) is 54.7 Å². The maximum Gasteiger partial charge on any atom is 0.332 e. The van der Waals surface area contributed by atoms with Gasteiger partial charge in [0.1, 0.15) is 4.83 Å². The van der Waals surface area contributed by atoms with Gasteiger partial charge in [-0.3, -0.25) is 13.9 Å². The van der Waals surface area contributed by atoms with Gasteiger partial charge in [-0.2, -0.15) is 0 Å². The Hall–Kier alpha value is -2.18. The van der Waals surface area contributed by atoms with E-state index in [1.54, 1.807) is 11.3 Å². The van der Waals surface area contributed by atoms with Crippen LogP contribution in [-0.2, 0) is 32.4 Å².